The molecule has 20 heteroatoms. The Hall–Kier alpha value is -2.27. The van der Waals surface area contributed by atoms with E-state index in [9.17, 15) is 39.9 Å². The molecule has 1 aromatic rings. The third-order valence-electron chi connectivity index (χ3n) is 23.2. The minimum Gasteiger partial charge on any atom is -0.462 e. The number of ether oxygens (including phenoxy) is 11. The third-order valence-corrected chi connectivity index (χ3v) is 23.2. The van der Waals surface area contributed by atoms with Crippen LogP contribution in [0.2, 0.25) is 0 Å². The molecule has 0 spiro atoms. The number of rotatable bonds is 79. The van der Waals surface area contributed by atoms with Crippen LogP contribution >= 0.6 is 0 Å². The Kier molecular flexibility index (Phi) is 119. The van der Waals surface area contributed by atoms with Crippen LogP contribution in [0.5, 0.6) is 0 Å². The smallest absolute Gasteiger partial charge is 0.378 e. The molecule has 0 N–H and O–H groups in total. The Bertz CT molecular complexity index is 2480. The molecule has 1 aromatic carbocycles. The van der Waals surface area contributed by atoms with Crippen molar-refractivity contribution in [3.8, 4) is 0 Å². The summed E-state index contributed by atoms with van der Waals surface area (Å²) in [5.74, 6) is -11.1. The maximum atomic E-state index is 13.3. The molecule has 0 aromatic heterocycles. The fourth-order valence-corrected chi connectivity index (χ4v) is 13.5. The molecule has 0 aliphatic carbocycles. The van der Waals surface area contributed by atoms with Gasteiger partial charge in [0.05, 0.1) is 51.8 Å². The lowest BCUT2D eigenvalue weighted by atomic mass is 9.73. The molecule has 0 radical (unpaired) electrons. The van der Waals surface area contributed by atoms with E-state index in [-0.39, 0.29) is 11.4 Å². The zero-order valence-electron chi connectivity index (χ0n) is 104. The van der Waals surface area contributed by atoms with Gasteiger partial charge in [-0.05, 0) is 240 Å². The highest BCUT2D eigenvalue weighted by Gasteiger charge is 2.79. The molecule has 145 heavy (non-hydrogen) atoms. The lowest BCUT2D eigenvalue weighted by Gasteiger charge is -2.38. The van der Waals surface area contributed by atoms with Crippen LogP contribution in [0.1, 0.15) is 493 Å². The summed E-state index contributed by atoms with van der Waals surface area (Å²) in [6.07, 6.45) is 33.3. The Morgan fingerprint density at radius 2 is 0.372 bits per heavy atom. The number of benzene rings is 1. The first-order chi connectivity index (χ1) is 67.5. The molecule has 12 nitrogen and oxygen atoms in total. The number of unbranched alkanes of at least 4 members (excludes halogenated alkanes) is 7. The summed E-state index contributed by atoms with van der Waals surface area (Å²) in [4.78, 5) is 12.2. The van der Waals surface area contributed by atoms with E-state index in [0.29, 0.717) is 62.3 Å². The number of esters is 1. The van der Waals surface area contributed by atoms with Crippen LogP contribution in [0.3, 0.4) is 0 Å². The summed E-state index contributed by atoms with van der Waals surface area (Å²) >= 11 is 0. The quantitative estimate of drug-likeness (QED) is 0.0351. The van der Waals surface area contributed by atoms with Crippen LogP contribution in [0.15, 0.2) is 30.3 Å². The van der Waals surface area contributed by atoms with Gasteiger partial charge in [0.15, 0.2) is 0 Å². The predicted molar refractivity (Wildman–Crippen MR) is 613 cm³/mol. The molecule has 0 fully saturated rings. The van der Waals surface area contributed by atoms with Crippen LogP contribution < -0.4 is 0 Å². The van der Waals surface area contributed by atoms with Gasteiger partial charge < -0.3 is 52.1 Å². The van der Waals surface area contributed by atoms with Crippen LogP contribution in [0.4, 0.5) is 35.1 Å². The monoisotopic (exact) mass is 2100 g/mol. The van der Waals surface area contributed by atoms with E-state index >= 15 is 0 Å². The molecule has 0 saturated heterocycles. The van der Waals surface area contributed by atoms with E-state index in [0.717, 1.165) is 261 Å². The van der Waals surface area contributed by atoms with Gasteiger partial charge in [-0.25, -0.2) is 4.79 Å². The number of alkyl halides is 8. The Morgan fingerprint density at radius 3 is 0.552 bits per heavy atom. The molecule has 0 heterocycles. The van der Waals surface area contributed by atoms with E-state index in [2.05, 4.69) is 256 Å². The topological polar surface area (TPSA) is 119 Å². The number of hydrogen-bond acceptors (Lipinski definition) is 12. The Morgan fingerprint density at radius 1 is 0.207 bits per heavy atom. The number of carbonyl (C=O) groups excluding carboxylic acids is 1. The van der Waals surface area contributed by atoms with Gasteiger partial charge in [-0.1, -0.05) is 379 Å². The highest BCUT2D eigenvalue weighted by atomic mass is 19.4. The molecule has 0 bridgehead atoms. The average molecular weight is 2100 g/mol. The van der Waals surface area contributed by atoms with Crippen LogP contribution in [0.25, 0.3) is 0 Å². The van der Waals surface area contributed by atoms with Gasteiger partial charge in [0.1, 0.15) is 0 Å². The Labute approximate surface area is 898 Å². The summed E-state index contributed by atoms with van der Waals surface area (Å²) in [6.45, 7) is 105. The molecule has 0 atom stereocenters. The summed E-state index contributed by atoms with van der Waals surface area (Å²) in [5.41, 5.74) is 0.740. The van der Waals surface area contributed by atoms with Gasteiger partial charge in [0.2, 0.25) is 0 Å². The molecule has 0 aliphatic heterocycles. The fourth-order valence-electron chi connectivity index (χ4n) is 13.5. The first-order valence-corrected chi connectivity index (χ1v) is 59.0. The van der Waals surface area contributed by atoms with Gasteiger partial charge in [-0.15, -0.1) is 0 Å². The number of hydrogen-bond donors (Lipinski definition) is 0. The second kappa shape index (κ2) is 107. The lowest BCUT2D eigenvalue weighted by Crippen LogP contribution is -2.62. The van der Waals surface area contributed by atoms with Crippen molar-refractivity contribution in [1.82, 2.24) is 0 Å². The van der Waals surface area contributed by atoms with E-state index in [4.69, 9.17) is 52.1 Å². The van der Waals surface area contributed by atoms with Crippen molar-refractivity contribution in [1.29, 1.82) is 0 Å². The summed E-state index contributed by atoms with van der Waals surface area (Å²) in [6, 6.07) is 9.25. The van der Waals surface area contributed by atoms with Crippen molar-refractivity contribution in [2.75, 3.05) is 139 Å². The molecular weight excluding hydrogens is 1850 g/mol. The van der Waals surface area contributed by atoms with Gasteiger partial charge in [-0.3, -0.25) is 0 Å². The normalized spacial score (nSPS) is 12.1. The van der Waals surface area contributed by atoms with Crippen molar-refractivity contribution < 1.29 is 92.0 Å². The second-order valence-electron chi connectivity index (χ2n) is 49.3. The summed E-state index contributed by atoms with van der Waals surface area (Å²) in [5, 5.41) is 0. The highest BCUT2D eigenvalue weighted by Crippen LogP contribution is 2.56. The van der Waals surface area contributed by atoms with Crippen molar-refractivity contribution in [3.05, 3.63) is 35.9 Å². The first kappa shape index (κ1) is 160. The fraction of sp³-hybridized carbons (Fsp3) is 0.944. The van der Waals surface area contributed by atoms with Crippen LogP contribution in [-0.4, -0.2) is 168 Å². The summed E-state index contributed by atoms with van der Waals surface area (Å²) < 4.78 is 167. The molecule has 1 rings (SSSR count). The number of halogens is 8. The van der Waals surface area contributed by atoms with Gasteiger partial charge >= 0.3 is 29.7 Å². The SMILES string of the molecule is CC(C)CC(F)(F)C(F)(F)C(F)(F)C(F)(F)CC(C)C.CC(C)CCCCC(C)C.CC(C)CCCCCCC(C)C.CC(C)CCOCCC(C)C.CC(C)CCOCCC(C)C.CC(C)CCOCCC(C)C.CC(C)CCOCCCCCCOCCC(C)C.CC(C)CCOCCOCCC(C)C.CC(C)CCOCCOCCOCCC(C)C.CCC(COC(=O)c1ccccc1)(CC(C)C)CC(C)C. The van der Waals surface area contributed by atoms with E-state index in [1.54, 1.807) is 12.1 Å². The van der Waals surface area contributed by atoms with Gasteiger partial charge in [0.25, 0.3) is 0 Å². The summed E-state index contributed by atoms with van der Waals surface area (Å²) in [7, 11) is 0. The molecule has 0 amide bonds. The largest absolute Gasteiger partial charge is 0.462 e. The second-order valence-corrected chi connectivity index (χ2v) is 49.3. The highest BCUT2D eigenvalue weighted by molar-refractivity contribution is 5.89. The van der Waals surface area contributed by atoms with Crippen molar-refractivity contribution in [2.24, 2.45) is 124 Å². The van der Waals surface area contributed by atoms with E-state index in [1.165, 1.54) is 141 Å². The van der Waals surface area contributed by atoms with Crippen LogP contribution in [-0.2, 0) is 52.1 Å². The molecular formula is C125H252F8O12. The minimum absolute atomic E-state index is 0.104. The standard InChI is InChI=1S/C19H30O2.C16H34O2.C14H30O3.C12H18F8.C12H26O2.C12H26.3C10H22O.C10H22/c1-6-19(12-15(2)3,13-16(4)5)14-21-18(20)17-10-8-7-9-11-17;1-15(2)9-13-17-11-7-5-6-8-12-18-14-10-16(3)4;1-13(2)5-7-15-9-11-17-12-10-16-8-6-14(3)4;1-7(2)5-9(13,14)11(17,18)12(19,20)10(15,16)6-8(3)4;1-11(2)5-7-13-9-10-14-8-6-12(3)4;1-11(2)9-7-5-6-8-10-12(3)4;3*1-9(2)5-7-11-8-6-10(3)4;1-9(2)7-5-6-8-10(3)4/h7-11,15-16H,6,12-14H2,1-5H3;15-16H,5-14H2,1-4H3;13-14H,5-12H2,1-4H3;7-8H,5-6H2,1-4H3;11-12H,5-10H2,1-4H3;11-12H,5-10H2,1-4H3;3*9-10H,5-8H2,1-4H3;9-10H,5-8H2,1-4H3. The van der Waals surface area contributed by atoms with Crippen molar-refractivity contribution >= 4 is 5.97 Å². The average Bonchev–Trinajstić information content (AvgIpc) is 0.736. The predicted octanol–water partition coefficient (Wildman–Crippen LogP) is 39.6. The van der Waals surface area contributed by atoms with E-state index in [1.807, 2.05) is 18.2 Å². The maximum Gasteiger partial charge on any atom is 0.378 e. The van der Waals surface area contributed by atoms with Gasteiger partial charge in [0, 0.05) is 111 Å². The molecule has 0 aliphatic rings. The van der Waals surface area contributed by atoms with Crippen molar-refractivity contribution in [3.63, 3.8) is 0 Å². The molecule has 0 saturated carbocycles. The zero-order valence-corrected chi connectivity index (χ0v) is 104. The minimum atomic E-state index is -6.12. The van der Waals surface area contributed by atoms with Crippen molar-refractivity contribution in [2.45, 2.75) is 507 Å². The third kappa shape index (κ3) is 130. The first-order valence-electron chi connectivity index (χ1n) is 59.0. The maximum absolute atomic E-state index is 13.3. The lowest BCUT2D eigenvalue weighted by molar-refractivity contribution is -0.370. The van der Waals surface area contributed by atoms with Crippen LogP contribution in [0, 0.1) is 124 Å². The van der Waals surface area contributed by atoms with Gasteiger partial charge in [-0.2, -0.15) is 35.1 Å². The number of carbonyl (C=O) groups is 1. The Balaban J connectivity index is -0.000000205. The molecule has 0 unspecified atom stereocenters. The molecule has 880 valence electrons. The van der Waals surface area contributed by atoms with E-state index < -0.39 is 48.4 Å². The zero-order chi connectivity index (χ0) is 113.